The van der Waals surface area contributed by atoms with E-state index in [0.29, 0.717) is 6.04 Å². The molecule has 3 nitrogen and oxygen atoms in total. The Kier molecular flexibility index (Phi) is 6.46. The smallest absolute Gasteiger partial charge is 0.304 e. The molecule has 1 N–H and O–H groups in total. The maximum atomic E-state index is 10.6. The van der Waals surface area contributed by atoms with E-state index < -0.39 is 5.97 Å². The van der Waals surface area contributed by atoms with Crippen molar-refractivity contribution in [3.05, 3.63) is 0 Å². The predicted octanol–water partition coefficient (Wildman–Crippen LogP) is 2.90. The van der Waals surface area contributed by atoms with Crippen molar-refractivity contribution in [2.45, 2.75) is 64.3 Å². The second-order valence-corrected chi connectivity index (χ2v) is 4.77. The van der Waals surface area contributed by atoms with Crippen molar-refractivity contribution in [2.24, 2.45) is 0 Å². The lowest BCUT2D eigenvalue weighted by Gasteiger charge is -2.31. The van der Waals surface area contributed by atoms with Gasteiger partial charge in [0, 0.05) is 12.6 Å². The number of carboxylic acid groups (broad SMARTS) is 1. The molecule has 0 amide bonds. The second kappa shape index (κ2) is 7.66. The molecular weight excluding hydrogens is 202 g/mol. The van der Waals surface area contributed by atoms with E-state index in [9.17, 15) is 4.79 Å². The summed E-state index contributed by atoms with van der Waals surface area (Å²) in [7, 11) is 0. The van der Waals surface area contributed by atoms with Gasteiger partial charge >= 0.3 is 5.97 Å². The molecule has 1 rings (SSSR count). The zero-order valence-corrected chi connectivity index (χ0v) is 10.5. The number of rotatable bonds is 5. The van der Waals surface area contributed by atoms with Crippen LogP contribution in [0, 0.1) is 0 Å². The first kappa shape index (κ1) is 13.5. The molecule has 0 heterocycles. The maximum Gasteiger partial charge on any atom is 0.304 e. The summed E-state index contributed by atoms with van der Waals surface area (Å²) in [6, 6.07) is 0.629. The number of carboxylic acids is 1. The van der Waals surface area contributed by atoms with Crippen molar-refractivity contribution in [2.75, 3.05) is 13.1 Å². The minimum atomic E-state index is -0.677. The van der Waals surface area contributed by atoms with Gasteiger partial charge in [-0.25, -0.2) is 0 Å². The molecule has 0 bridgehead atoms. The van der Waals surface area contributed by atoms with Crippen molar-refractivity contribution >= 4 is 5.97 Å². The molecule has 1 fully saturated rings. The van der Waals surface area contributed by atoms with Gasteiger partial charge in [-0.05, 0) is 19.4 Å². The van der Waals surface area contributed by atoms with Crippen LogP contribution < -0.4 is 0 Å². The van der Waals surface area contributed by atoms with Crippen molar-refractivity contribution < 1.29 is 9.90 Å². The molecule has 0 atom stereocenters. The Hall–Kier alpha value is -0.570. The van der Waals surface area contributed by atoms with Gasteiger partial charge < -0.3 is 10.0 Å². The lowest BCUT2D eigenvalue weighted by molar-refractivity contribution is -0.137. The summed E-state index contributed by atoms with van der Waals surface area (Å²) < 4.78 is 0. The average molecular weight is 227 g/mol. The Morgan fingerprint density at radius 2 is 1.75 bits per heavy atom. The molecule has 94 valence electrons. The van der Waals surface area contributed by atoms with Crippen LogP contribution in [-0.4, -0.2) is 35.1 Å². The van der Waals surface area contributed by atoms with Gasteiger partial charge in [-0.15, -0.1) is 0 Å². The number of nitrogens with zero attached hydrogens (tertiary/aromatic N) is 1. The van der Waals surface area contributed by atoms with Crippen LogP contribution in [-0.2, 0) is 4.79 Å². The van der Waals surface area contributed by atoms with E-state index in [1.807, 2.05) is 0 Å². The first-order valence-corrected chi connectivity index (χ1v) is 6.70. The van der Waals surface area contributed by atoms with Gasteiger partial charge in [-0.2, -0.15) is 0 Å². The third kappa shape index (κ3) is 4.97. The molecule has 0 aliphatic heterocycles. The number of aliphatic carboxylic acids is 1. The first-order valence-electron chi connectivity index (χ1n) is 6.70. The van der Waals surface area contributed by atoms with E-state index in [1.54, 1.807) is 0 Å². The van der Waals surface area contributed by atoms with Crippen molar-refractivity contribution in [3.63, 3.8) is 0 Å². The highest BCUT2D eigenvalue weighted by atomic mass is 16.4. The van der Waals surface area contributed by atoms with Gasteiger partial charge in [0.25, 0.3) is 0 Å². The van der Waals surface area contributed by atoms with E-state index in [1.165, 1.54) is 44.9 Å². The molecule has 0 aromatic carbocycles. The molecule has 1 aliphatic rings. The summed E-state index contributed by atoms with van der Waals surface area (Å²) in [6.45, 7) is 3.84. The van der Waals surface area contributed by atoms with Crippen LogP contribution in [0.1, 0.15) is 58.3 Å². The fourth-order valence-corrected chi connectivity index (χ4v) is 2.64. The molecule has 1 saturated carbocycles. The molecule has 0 saturated heterocycles. The van der Waals surface area contributed by atoms with Crippen LogP contribution >= 0.6 is 0 Å². The Morgan fingerprint density at radius 1 is 1.19 bits per heavy atom. The SMILES string of the molecule is CCN(CCC(=O)O)C1CCCCCCC1. The van der Waals surface area contributed by atoms with Crippen molar-refractivity contribution in [1.82, 2.24) is 4.90 Å². The van der Waals surface area contributed by atoms with Crippen LogP contribution in [0.15, 0.2) is 0 Å². The summed E-state index contributed by atoms with van der Waals surface area (Å²) in [4.78, 5) is 13.0. The minimum absolute atomic E-state index is 0.282. The first-order chi connectivity index (χ1) is 7.74. The van der Waals surface area contributed by atoms with Crippen LogP contribution in [0.2, 0.25) is 0 Å². The Balaban J connectivity index is 2.38. The molecule has 0 spiro atoms. The van der Waals surface area contributed by atoms with Crippen LogP contribution in [0.25, 0.3) is 0 Å². The summed E-state index contributed by atoms with van der Waals surface area (Å²) in [5.41, 5.74) is 0. The minimum Gasteiger partial charge on any atom is -0.481 e. The molecule has 0 radical (unpaired) electrons. The summed E-state index contributed by atoms with van der Waals surface area (Å²) in [6.07, 6.45) is 9.52. The lowest BCUT2D eigenvalue weighted by atomic mass is 9.95. The predicted molar refractivity (Wildman–Crippen MR) is 65.6 cm³/mol. The quantitative estimate of drug-likeness (QED) is 0.785. The Labute approximate surface area is 98.8 Å². The van der Waals surface area contributed by atoms with Crippen LogP contribution in [0.5, 0.6) is 0 Å². The normalized spacial score (nSPS) is 19.4. The Bertz CT molecular complexity index is 198. The zero-order chi connectivity index (χ0) is 11.8. The van der Waals surface area contributed by atoms with E-state index >= 15 is 0 Å². The summed E-state index contributed by atoms with van der Waals surface area (Å²) >= 11 is 0. The van der Waals surface area contributed by atoms with E-state index in [0.717, 1.165) is 13.1 Å². The highest BCUT2D eigenvalue weighted by molar-refractivity contribution is 5.66. The summed E-state index contributed by atoms with van der Waals surface area (Å²) in [5.74, 6) is -0.677. The fraction of sp³-hybridized carbons (Fsp3) is 0.923. The number of carbonyl (C=O) groups is 1. The molecule has 1 aliphatic carbocycles. The van der Waals surface area contributed by atoms with E-state index in [4.69, 9.17) is 5.11 Å². The molecule has 0 aromatic rings. The average Bonchev–Trinajstić information content (AvgIpc) is 2.20. The van der Waals surface area contributed by atoms with E-state index in [2.05, 4.69) is 11.8 Å². The molecular formula is C13H25NO2. The fourth-order valence-electron chi connectivity index (χ4n) is 2.64. The van der Waals surface area contributed by atoms with Crippen LogP contribution in [0.3, 0.4) is 0 Å². The summed E-state index contributed by atoms with van der Waals surface area (Å²) in [5, 5.41) is 8.73. The highest BCUT2D eigenvalue weighted by Crippen LogP contribution is 2.21. The second-order valence-electron chi connectivity index (χ2n) is 4.77. The third-order valence-electron chi connectivity index (χ3n) is 3.61. The van der Waals surface area contributed by atoms with Gasteiger partial charge in [0.05, 0.1) is 6.42 Å². The van der Waals surface area contributed by atoms with Gasteiger partial charge in [-0.3, -0.25) is 4.79 Å². The molecule has 0 unspecified atom stereocenters. The topological polar surface area (TPSA) is 40.5 Å². The largest absolute Gasteiger partial charge is 0.481 e. The van der Waals surface area contributed by atoms with Gasteiger partial charge in [0.1, 0.15) is 0 Å². The van der Waals surface area contributed by atoms with Crippen molar-refractivity contribution in [1.29, 1.82) is 0 Å². The lowest BCUT2D eigenvalue weighted by Crippen LogP contribution is -2.37. The number of hydrogen-bond acceptors (Lipinski definition) is 2. The molecule has 16 heavy (non-hydrogen) atoms. The third-order valence-corrected chi connectivity index (χ3v) is 3.61. The van der Waals surface area contributed by atoms with E-state index in [-0.39, 0.29) is 6.42 Å². The number of hydrogen-bond donors (Lipinski definition) is 1. The molecule has 0 aromatic heterocycles. The monoisotopic (exact) mass is 227 g/mol. The van der Waals surface area contributed by atoms with Crippen molar-refractivity contribution in [3.8, 4) is 0 Å². The van der Waals surface area contributed by atoms with Gasteiger partial charge in [0.15, 0.2) is 0 Å². The standard InChI is InChI=1S/C13H25NO2/c1-2-14(11-10-13(15)16)12-8-6-4-3-5-7-9-12/h12H,2-11H2,1H3,(H,15,16). The zero-order valence-electron chi connectivity index (χ0n) is 10.5. The van der Waals surface area contributed by atoms with Crippen LogP contribution in [0.4, 0.5) is 0 Å². The maximum absolute atomic E-state index is 10.6. The van der Waals surface area contributed by atoms with Gasteiger partial charge in [0.2, 0.25) is 0 Å². The molecule has 3 heteroatoms. The van der Waals surface area contributed by atoms with Gasteiger partial charge in [-0.1, -0.05) is 39.0 Å². The Morgan fingerprint density at radius 3 is 2.25 bits per heavy atom. The highest BCUT2D eigenvalue weighted by Gasteiger charge is 2.18.